The molecule has 1 aliphatic rings. The highest BCUT2D eigenvalue weighted by Gasteiger charge is 2.32. The summed E-state index contributed by atoms with van der Waals surface area (Å²) in [6.07, 6.45) is 0.675. The van der Waals surface area contributed by atoms with E-state index in [1.807, 2.05) is 0 Å². The van der Waals surface area contributed by atoms with E-state index in [0.29, 0.717) is 11.6 Å². The molecule has 0 aromatic carbocycles. The number of rotatable bonds is 4. The van der Waals surface area contributed by atoms with E-state index in [0.717, 1.165) is 4.90 Å². The molecule has 0 radical (unpaired) electrons. The van der Waals surface area contributed by atoms with Crippen LogP contribution in [-0.4, -0.2) is 45.9 Å². The molecule has 8 nitrogen and oxygen atoms in total. The Morgan fingerprint density at radius 1 is 1.65 bits per heavy atom. The molecule has 0 aliphatic carbocycles. The van der Waals surface area contributed by atoms with Crippen LogP contribution in [-0.2, 0) is 14.4 Å². The molecule has 2 unspecified atom stereocenters. The van der Waals surface area contributed by atoms with Crippen molar-refractivity contribution in [2.75, 3.05) is 12.4 Å². The number of likely N-dealkylation sites (N-methyl/N-ethyl adjacent to an activating group) is 1. The van der Waals surface area contributed by atoms with E-state index in [2.05, 4.69) is 10.3 Å². The standard InChI is InChI=1S/C11H14N4O4S/c1-15-7(16)3-2-5(9(15)17)13-11-14-6(4-20-11)8(12)10(18)19/h4-5,8H,2-3,12H2,1H3,(H,13,14)(H,18,19). The summed E-state index contributed by atoms with van der Waals surface area (Å²) in [7, 11) is 1.44. The quantitative estimate of drug-likeness (QED) is 0.656. The first-order valence-corrected chi connectivity index (χ1v) is 6.79. The van der Waals surface area contributed by atoms with Crippen LogP contribution in [0.3, 0.4) is 0 Å². The molecule has 2 rings (SSSR count). The zero-order chi connectivity index (χ0) is 14.9. The number of piperidine rings is 1. The zero-order valence-electron chi connectivity index (χ0n) is 10.7. The second kappa shape index (κ2) is 5.55. The SMILES string of the molecule is CN1C(=O)CCC(Nc2nc(C(N)C(=O)O)cs2)C1=O. The number of carbonyl (C=O) groups is 3. The number of likely N-dealkylation sites (tertiary alicyclic amines) is 1. The fraction of sp³-hybridized carbons (Fsp3) is 0.455. The number of carboxylic acid groups (broad SMARTS) is 1. The monoisotopic (exact) mass is 298 g/mol. The number of thiazole rings is 1. The Kier molecular flexibility index (Phi) is 4.00. The summed E-state index contributed by atoms with van der Waals surface area (Å²) in [5.41, 5.74) is 5.68. The summed E-state index contributed by atoms with van der Waals surface area (Å²) >= 11 is 1.17. The normalized spacial score (nSPS) is 20.9. The van der Waals surface area contributed by atoms with Gasteiger partial charge in [0.25, 0.3) is 5.91 Å². The third-order valence-corrected chi connectivity index (χ3v) is 3.85. The Labute approximate surface area is 118 Å². The van der Waals surface area contributed by atoms with Crippen molar-refractivity contribution in [3.8, 4) is 0 Å². The number of amides is 2. The summed E-state index contributed by atoms with van der Waals surface area (Å²) < 4.78 is 0. The number of carbonyl (C=O) groups excluding carboxylic acids is 2. The number of carboxylic acids is 1. The molecule has 0 bridgehead atoms. The van der Waals surface area contributed by atoms with E-state index in [-0.39, 0.29) is 23.9 Å². The highest BCUT2D eigenvalue weighted by molar-refractivity contribution is 7.13. The summed E-state index contributed by atoms with van der Waals surface area (Å²) in [6.45, 7) is 0. The topological polar surface area (TPSA) is 126 Å². The third kappa shape index (κ3) is 2.78. The van der Waals surface area contributed by atoms with E-state index < -0.39 is 18.1 Å². The largest absolute Gasteiger partial charge is 0.480 e. The number of nitrogens with zero attached hydrogens (tertiary/aromatic N) is 2. The second-order valence-electron chi connectivity index (χ2n) is 4.42. The highest BCUT2D eigenvalue weighted by atomic mass is 32.1. The van der Waals surface area contributed by atoms with Gasteiger partial charge in [-0.1, -0.05) is 0 Å². The minimum Gasteiger partial charge on any atom is -0.480 e. The van der Waals surface area contributed by atoms with E-state index in [4.69, 9.17) is 10.8 Å². The fourth-order valence-corrected chi connectivity index (χ4v) is 2.62. The van der Waals surface area contributed by atoms with E-state index in [9.17, 15) is 14.4 Å². The molecule has 108 valence electrons. The van der Waals surface area contributed by atoms with Crippen molar-refractivity contribution >= 4 is 34.3 Å². The van der Waals surface area contributed by atoms with Crippen LogP contribution in [0.15, 0.2) is 5.38 Å². The van der Waals surface area contributed by atoms with Crippen LogP contribution in [0.4, 0.5) is 5.13 Å². The fourth-order valence-electron chi connectivity index (χ4n) is 1.82. The minimum absolute atomic E-state index is 0.208. The van der Waals surface area contributed by atoms with Gasteiger partial charge in [0.15, 0.2) is 5.13 Å². The lowest BCUT2D eigenvalue weighted by atomic mass is 10.1. The molecule has 2 atom stereocenters. The lowest BCUT2D eigenvalue weighted by Crippen LogP contribution is -2.48. The number of hydrogen-bond acceptors (Lipinski definition) is 7. The molecule has 2 heterocycles. The molecular formula is C11H14N4O4S. The molecule has 1 saturated heterocycles. The van der Waals surface area contributed by atoms with Gasteiger partial charge >= 0.3 is 5.97 Å². The van der Waals surface area contributed by atoms with Crippen LogP contribution in [0.1, 0.15) is 24.6 Å². The molecule has 9 heteroatoms. The Morgan fingerprint density at radius 3 is 3.00 bits per heavy atom. The average Bonchev–Trinajstić information content (AvgIpc) is 2.87. The van der Waals surface area contributed by atoms with Gasteiger partial charge in [0, 0.05) is 18.8 Å². The maximum Gasteiger partial charge on any atom is 0.326 e. The van der Waals surface area contributed by atoms with Gasteiger partial charge in [0.1, 0.15) is 12.1 Å². The number of nitrogens with two attached hydrogens (primary N) is 1. The Balaban J connectivity index is 2.06. The van der Waals surface area contributed by atoms with Crippen molar-refractivity contribution in [2.45, 2.75) is 24.9 Å². The van der Waals surface area contributed by atoms with E-state index >= 15 is 0 Å². The minimum atomic E-state index is -1.19. The first kappa shape index (κ1) is 14.4. The molecule has 1 fully saturated rings. The third-order valence-electron chi connectivity index (χ3n) is 3.05. The van der Waals surface area contributed by atoms with Gasteiger partial charge in [-0.2, -0.15) is 0 Å². The lowest BCUT2D eigenvalue weighted by molar-refractivity contribution is -0.147. The second-order valence-corrected chi connectivity index (χ2v) is 5.28. The summed E-state index contributed by atoms with van der Waals surface area (Å²) in [6, 6.07) is -1.72. The summed E-state index contributed by atoms with van der Waals surface area (Å²) in [5, 5.41) is 13.6. The van der Waals surface area contributed by atoms with Gasteiger partial charge in [-0.25, -0.2) is 4.98 Å². The van der Waals surface area contributed by atoms with Gasteiger partial charge in [0.2, 0.25) is 5.91 Å². The zero-order valence-corrected chi connectivity index (χ0v) is 11.5. The number of nitrogens with one attached hydrogen (secondary N) is 1. The molecule has 1 aliphatic heterocycles. The van der Waals surface area contributed by atoms with Gasteiger partial charge < -0.3 is 16.2 Å². The van der Waals surface area contributed by atoms with Crippen LogP contribution in [0, 0.1) is 0 Å². The van der Waals surface area contributed by atoms with Crippen molar-refractivity contribution < 1.29 is 19.5 Å². The molecule has 0 spiro atoms. The molecule has 20 heavy (non-hydrogen) atoms. The first-order chi connectivity index (χ1) is 9.40. The van der Waals surface area contributed by atoms with Crippen LogP contribution >= 0.6 is 11.3 Å². The van der Waals surface area contributed by atoms with Gasteiger partial charge in [-0.15, -0.1) is 11.3 Å². The predicted octanol–water partition coefficient (Wildman–Crippen LogP) is -0.213. The van der Waals surface area contributed by atoms with Crippen LogP contribution in [0.5, 0.6) is 0 Å². The molecule has 0 saturated carbocycles. The van der Waals surface area contributed by atoms with Crippen molar-refractivity contribution in [2.24, 2.45) is 5.73 Å². The number of aliphatic carboxylic acids is 1. The molecular weight excluding hydrogens is 284 g/mol. The van der Waals surface area contributed by atoms with Gasteiger partial charge in [0.05, 0.1) is 5.69 Å². The van der Waals surface area contributed by atoms with Crippen molar-refractivity contribution in [3.05, 3.63) is 11.1 Å². The maximum atomic E-state index is 11.9. The number of aromatic nitrogens is 1. The lowest BCUT2D eigenvalue weighted by Gasteiger charge is -2.27. The smallest absolute Gasteiger partial charge is 0.326 e. The Morgan fingerprint density at radius 2 is 2.35 bits per heavy atom. The number of hydrogen-bond donors (Lipinski definition) is 3. The summed E-state index contributed by atoms with van der Waals surface area (Å²) in [4.78, 5) is 39.1. The van der Waals surface area contributed by atoms with Crippen LogP contribution in [0.2, 0.25) is 0 Å². The number of anilines is 1. The number of imide groups is 1. The van der Waals surface area contributed by atoms with Crippen molar-refractivity contribution in [1.29, 1.82) is 0 Å². The van der Waals surface area contributed by atoms with E-state index in [1.165, 1.54) is 23.8 Å². The maximum absolute atomic E-state index is 11.9. The van der Waals surface area contributed by atoms with Crippen molar-refractivity contribution in [3.63, 3.8) is 0 Å². The average molecular weight is 298 g/mol. The highest BCUT2D eigenvalue weighted by Crippen LogP contribution is 2.23. The van der Waals surface area contributed by atoms with E-state index in [1.54, 1.807) is 0 Å². The van der Waals surface area contributed by atoms with Crippen LogP contribution in [0.25, 0.3) is 0 Å². The molecule has 2 amide bonds. The first-order valence-electron chi connectivity index (χ1n) is 5.91. The molecule has 1 aromatic rings. The predicted molar refractivity (Wildman–Crippen MR) is 71.1 cm³/mol. The Hall–Kier alpha value is -2.00. The van der Waals surface area contributed by atoms with Crippen LogP contribution < -0.4 is 11.1 Å². The Bertz CT molecular complexity index is 558. The van der Waals surface area contributed by atoms with Crippen molar-refractivity contribution in [1.82, 2.24) is 9.88 Å². The van der Waals surface area contributed by atoms with Gasteiger partial charge in [-0.3, -0.25) is 19.3 Å². The molecule has 1 aromatic heterocycles. The van der Waals surface area contributed by atoms with Gasteiger partial charge in [-0.05, 0) is 6.42 Å². The summed E-state index contributed by atoms with van der Waals surface area (Å²) in [5.74, 6) is -1.69. The molecule has 4 N–H and O–H groups in total.